The summed E-state index contributed by atoms with van der Waals surface area (Å²) in [6.45, 7) is 0.531. The van der Waals surface area contributed by atoms with E-state index in [4.69, 9.17) is 0 Å². The number of rotatable bonds is 5. The molecule has 2 aromatic rings. The number of carbonyl (C=O) groups is 1. The number of aromatic nitrogens is 3. The minimum Gasteiger partial charge on any atom is -0.464 e. The average Bonchev–Trinajstić information content (AvgIpc) is 2.89. The molecule has 100 valence electrons. The van der Waals surface area contributed by atoms with Crippen molar-refractivity contribution in [1.29, 1.82) is 0 Å². The van der Waals surface area contributed by atoms with E-state index in [1.165, 1.54) is 35.8 Å². The molecule has 0 aliphatic rings. The van der Waals surface area contributed by atoms with E-state index in [0.29, 0.717) is 17.2 Å². The zero-order valence-corrected chi connectivity index (χ0v) is 11.1. The fraction of sp³-hybridized carbons (Fsp3) is 0.250. The molecule has 1 heterocycles. The lowest BCUT2D eigenvalue weighted by Gasteiger charge is -2.02. The Hall–Kier alpha value is -1.89. The Kier molecular flexibility index (Phi) is 4.51. The van der Waals surface area contributed by atoms with Crippen LogP contribution in [-0.2, 0) is 11.3 Å². The highest BCUT2D eigenvalue weighted by atomic mass is 32.2. The Balaban J connectivity index is 1.88. The maximum absolute atomic E-state index is 13.4. The number of hydrogen-bond donors (Lipinski definition) is 0. The highest BCUT2D eigenvalue weighted by Gasteiger charge is 2.10. The highest BCUT2D eigenvalue weighted by Crippen LogP contribution is 2.21. The molecule has 19 heavy (non-hydrogen) atoms. The minimum absolute atomic E-state index is 0.165. The zero-order chi connectivity index (χ0) is 13.7. The molecule has 0 bridgehead atoms. The van der Waals surface area contributed by atoms with E-state index in [0.717, 1.165) is 0 Å². The standard InChI is InChI=1S/C12H12FN3O2S/c1-18-12(17)10-8-16(15-14-10)6-7-19-11-5-3-2-4-9(11)13/h2-5,8H,6-7H2,1H3. The van der Waals surface area contributed by atoms with E-state index in [1.807, 2.05) is 0 Å². The fourth-order valence-corrected chi connectivity index (χ4v) is 2.30. The lowest BCUT2D eigenvalue weighted by molar-refractivity contribution is 0.0594. The van der Waals surface area contributed by atoms with Crippen LogP contribution in [0.2, 0.25) is 0 Å². The molecule has 0 amide bonds. The first-order valence-electron chi connectivity index (χ1n) is 5.56. The second-order valence-electron chi connectivity index (χ2n) is 3.64. The average molecular weight is 281 g/mol. The molecule has 0 fully saturated rings. The number of ether oxygens (including phenoxy) is 1. The summed E-state index contributed by atoms with van der Waals surface area (Å²) in [4.78, 5) is 11.8. The smallest absolute Gasteiger partial charge is 0.360 e. The minimum atomic E-state index is -0.520. The fourth-order valence-electron chi connectivity index (χ4n) is 1.42. The van der Waals surface area contributed by atoms with E-state index < -0.39 is 5.97 Å². The van der Waals surface area contributed by atoms with Crippen molar-refractivity contribution in [3.05, 3.63) is 42.0 Å². The molecular formula is C12H12FN3O2S. The number of hydrogen-bond acceptors (Lipinski definition) is 5. The molecule has 0 N–H and O–H groups in total. The van der Waals surface area contributed by atoms with Crippen LogP contribution in [0.3, 0.4) is 0 Å². The number of methoxy groups -OCH3 is 1. The number of halogens is 1. The van der Waals surface area contributed by atoms with Gasteiger partial charge in [0, 0.05) is 10.6 Å². The van der Waals surface area contributed by atoms with Gasteiger partial charge in [0.15, 0.2) is 5.69 Å². The van der Waals surface area contributed by atoms with E-state index in [-0.39, 0.29) is 11.5 Å². The first-order chi connectivity index (χ1) is 9.20. The third kappa shape index (κ3) is 3.54. The summed E-state index contributed by atoms with van der Waals surface area (Å²) in [5.41, 5.74) is 0.165. The van der Waals surface area contributed by atoms with Crippen LogP contribution in [0, 0.1) is 5.82 Å². The Morgan fingerprint density at radius 3 is 3.00 bits per heavy atom. The number of carbonyl (C=O) groups excluding carboxylic acids is 1. The summed E-state index contributed by atoms with van der Waals surface area (Å²) in [7, 11) is 1.29. The van der Waals surface area contributed by atoms with Gasteiger partial charge in [-0.15, -0.1) is 16.9 Å². The van der Waals surface area contributed by atoms with Crippen molar-refractivity contribution >= 4 is 17.7 Å². The van der Waals surface area contributed by atoms with Crippen molar-refractivity contribution in [1.82, 2.24) is 15.0 Å². The lowest BCUT2D eigenvalue weighted by atomic mass is 10.3. The molecule has 5 nitrogen and oxygen atoms in total. The molecule has 7 heteroatoms. The van der Waals surface area contributed by atoms with Gasteiger partial charge in [-0.2, -0.15) is 0 Å². The monoisotopic (exact) mass is 281 g/mol. The van der Waals surface area contributed by atoms with Gasteiger partial charge in [0.25, 0.3) is 0 Å². The van der Waals surface area contributed by atoms with Crippen molar-refractivity contribution in [2.45, 2.75) is 11.4 Å². The van der Waals surface area contributed by atoms with Gasteiger partial charge in [-0.1, -0.05) is 17.3 Å². The highest BCUT2D eigenvalue weighted by molar-refractivity contribution is 7.99. The largest absolute Gasteiger partial charge is 0.464 e. The van der Waals surface area contributed by atoms with E-state index in [9.17, 15) is 9.18 Å². The van der Waals surface area contributed by atoms with Crippen LogP contribution in [0.1, 0.15) is 10.5 Å². The summed E-state index contributed by atoms with van der Waals surface area (Å²) >= 11 is 1.39. The van der Waals surface area contributed by atoms with Gasteiger partial charge in [-0.05, 0) is 12.1 Å². The molecular weight excluding hydrogens is 269 g/mol. The van der Waals surface area contributed by atoms with E-state index >= 15 is 0 Å². The summed E-state index contributed by atoms with van der Waals surface area (Å²) in [5.74, 6) is -0.125. The van der Waals surface area contributed by atoms with Crippen molar-refractivity contribution in [2.24, 2.45) is 0 Å². The number of aryl methyl sites for hydroxylation is 1. The van der Waals surface area contributed by atoms with Gasteiger partial charge in [0.1, 0.15) is 5.82 Å². The topological polar surface area (TPSA) is 57.0 Å². The van der Waals surface area contributed by atoms with E-state index in [1.54, 1.807) is 18.2 Å². The summed E-state index contributed by atoms with van der Waals surface area (Å²) in [6, 6.07) is 6.59. The van der Waals surface area contributed by atoms with Crippen molar-refractivity contribution in [3.8, 4) is 0 Å². The first-order valence-corrected chi connectivity index (χ1v) is 6.55. The number of thioether (sulfide) groups is 1. The van der Waals surface area contributed by atoms with Gasteiger partial charge in [-0.25, -0.2) is 9.18 Å². The van der Waals surface area contributed by atoms with Crippen LogP contribution in [0.15, 0.2) is 35.4 Å². The number of nitrogens with zero attached hydrogens (tertiary/aromatic N) is 3. The molecule has 0 aliphatic carbocycles. The second-order valence-corrected chi connectivity index (χ2v) is 4.77. The lowest BCUT2D eigenvalue weighted by Crippen LogP contribution is -2.02. The molecule has 0 saturated carbocycles. The van der Waals surface area contributed by atoms with Crippen LogP contribution in [0.25, 0.3) is 0 Å². The molecule has 0 unspecified atom stereocenters. The predicted molar refractivity (Wildman–Crippen MR) is 68.5 cm³/mol. The maximum Gasteiger partial charge on any atom is 0.360 e. The van der Waals surface area contributed by atoms with Gasteiger partial charge in [0.05, 0.1) is 19.9 Å². The first kappa shape index (κ1) is 13.5. The molecule has 0 spiro atoms. The molecule has 2 rings (SSSR count). The van der Waals surface area contributed by atoms with Gasteiger partial charge >= 0.3 is 5.97 Å². The quantitative estimate of drug-likeness (QED) is 0.619. The summed E-state index contributed by atoms with van der Waals surface area (Å²) in [5, 5.41) is 7.48. The van der Waals surface area contributed by atoms with E-state index in [2.05, 4.69) is 15.0 Å². The molecule has 1 aromatic heterocycles. The zero-order valence-electron chi connectivity index (χ0n) is 10.2. The van der Waals surface area contributed by atoms with Gasteiger partial charge in [-0.3, -0.25) is 4.68 Å². The van der Waals surface area contributed by atoms with Crippen LogP contribution in [0.4, 0.5) is 4.39 Å². The van der Waals surface area contributed by atoms with Crippen LogP contribution < -0.4 is 0 Å². The van der Waals surface area contributed by atoms with Crippen LogP contribution in [-0.4, -0.2) is 33.8 Å². The molecule has 0 radical (unpaired) electrons. The number of benzene rings is 1. The maximum atomic E-state index is 13.4. The Morgan fingerprint density at radius 1 is 1.47 bits per heavy atom. The van der Waals surface area contributed by atoms with Crippen molar-refractivity contribution in [3.63, 3.8) is 0 Å². The molecule has 0 atom stereocenters. The Bertz CT molecular complexity index is 574. The van der Waals surface area contributed by atoms with Crippen molar-refractivity contribution in [2.75, 3.05) is 12.9 Å². The normalized spacial score (nSPS) is 10.4. The van der Waals surface area contributed by atoms with Gasteiger partial charge in [0.2, 0.25) is 0 Å². The Labute approximate surface area is 113 Å². The predicted octanol–water partition coefficient (Wildman–Crippen LogP) is 2.00. The van der Waals surface area contributed by atoms with Crippen LogP contribution in [0.5, 0.6) is 0 Å². The third-order valence-corrected chi connectivity index (χ3v) is 3.38. The van der Waals surface area contributed by atoms with Crippen LogP contribution >= 0.6 is 11.8 Å². The SMILES string of the molecule is COC(=O)c1cn(CCSc2ccccc2F)nn1. The summed E-state index contributed by atoms with van der Waals surface area (Å²) in [6.07, 6.45) is 1.51. The second kappa shape index (κ2) is 6.33. The third-order valence-electron chi connectivity index (χ3n) is 2.35. The Morgan fingerprint density at radius 2 is 2.26 bits per heavy atom. The molecule has 1 aromatic carbocycles. The van der Waals surface area contributed by atoms with Crippen molar-refractivity contribution < 1.29 is 13.9 Å². The number of esters is 1. The summed E-state index contributed by atoms with van der Waals surface area (Å²) < 4.78 is 19.4. The molecule has 0 aliphatic heterocycles. The van der Waals surface area contributed by atoms with Gasteiger partial charge < -0.3 is 4.74 Å². The molecule has 0 saturated heterocycles.